The van der Waals surface area contributed by atoms with Crippen LogP contribution >= 0.6 is 0 Å². The van der Waals surface area contributed by atoms with Crippen molar-refractivity contribution in [3.05, 3.63) is 0 Å². The van der Waals surface area contributed by atoms with Gasteiger partial charge in [0.15, 0.2) is 0 Å². The molecule has 0 saturated carbocycles. The first-order valence-corrected chi connectivity index (χ1v) is 2.34. The summed E-state index contributed by atoms with van der Waals surface area (Å²) in [6, 6.07) is 0. The van der Waals surface area contributed by atoms with Gasteiger partial charge in [0.1, 0.15) is 0 Å². The third kappa shape index (κ3) is 6.18. The number of rotatable bonds is 3. The smallest absolute Gasteiger partial charge is 0.0564 e. The fourth-order valence-electron chi connectivity index (χ4n) is 0.165. The summed E-state index contributed by atoms with van der Waals surface area (Å²) in [5.74, 6) is 0. The van der Waals surface area contributed by atoms with Gasteiger partial charge >= 0.3 is 0 Å². The number of carbonyl (C=O) groups excluding carboxylic acids is 1. The van der Waals surface area contributed by atoms with E-state index in [1.807, 2.05) is 13.8 Å². The van der Waals surface area contributed by atoms with Crippen molar-refractivity contribution in [1.29, 1.82) is 0 Å². The molecule has 3 heteroatoms. The largest absolute Gasteiger partial charge is 0.651 e. The van der Waals surface area contributed by atoms with Crippen LogP contribution in [-0.4, -0.2) is 12.6 Å². The van der Waals surface area contributed by atoms with E-state index < -0.39 is 0 Å². The SMILES string of the molecule is CCC(C)O[C-]=O.[Ti]. The molecule has 1 unspecified atom stereocenters. The zero-order valence-electron chi connectivity index (χ0n) is 5.10. The minimum absolute atomic E-state index is 0. The molecular formula is C5H9O2Ti-. The van der Waals surface area contributed by atoms with Crippen molar-refractivity contribution >= 4 is 6.47 Å². The first-order chi connectivity index (χ1) is 3.31. The van der Waals surface area contributed by atoms with E-state index in [-0.39, 0.29) is 27.8 Å². The molecule has 0 N–H and O–H groups in total. The van der Waals surface area contributed by atoms with Crippen molar-refractivity contribution in [1.82, 2.24) is 0 Å². The van der Waals surface area contributed by atoms with Crippen molar-refractivity contribution in [2.75, 3.05) is 0 Å². The van der Waals surface area contributed by atoms with Crippen LogP contribution in [0, 0.1) is 0 Å². The summed E-state index contributed by atoms with van der Waals surface area (Å²) in [6.45, 7) is 5.14. The molecule has 0 rings (SSSR count). The van der Waals surface area contributed by atoms with Gasteiger partial charge in [0, 0.05) is 21.7 Å². The molecule has 8 heavy (non-hydrogen) atoms. The van der Waals surface area contributed by atoms with Crippen LogP contribution in [0.1, 0.15) is 20.3 Å². The van der Waals surface area contributed by atoms with Crippen LogP contribution in [0.15, 0.2) is 0 Å². The second-order valence-corrected chi connectivity index (χ2v) is 1.42. The third-order valence-electron chi connectivity index (χ3n) is 0.824. The van der Waals surface area contributed by atoms with Gasteiger partial charge in [-0.05, 0) is 13.3 Å². The van der Waals surface area contributed by atoms with Crippen molar-refractivity contribution in [2.24, 2.45) is 0 Å². The van der Waals surface area contributed by atoms with Gasteiger partial charge in [-0.3, -0.25) is 0 Å². The predicted molar refractivity (Wildman–Crippen MR) is 26.5 cm³/mol. The molecule has 0 aliphatic carbocycles. The van der Waals surface area contributed by atoms with E-state index in [9.17, 15) is 4.79 Å². The van der Waals surface area contributed by atoms with E-state index >= 15 is 0 Å². The molecule has 0 heterocycles. The summed E-state index contributed by atoms with van der Waals surface area (Å²) in [6.07, 6.45) is 0.882. The monoisotopic (exact) mass is 149 g/mol. The summed E-state index contributed by atoms with van der Waals surface area (Å²) >= 11 is 0. The quantitative estimate of drug-likeness (QED) is 0.439. The van der Waals surface area contributed by atoms with Gasteiger partial charge < -0.3 is 9.53 Å². The molecule has 46 valence electrons. The van der Waals surface area contributed by atoms with Gasteiger partial charge in [0.25, 0.3) is 0 Å². The zero-order chi connectivity index (χ0) is 5.70. The topological polar surface area (TPSA) is 26.3 Å². The second-order valence-electron chi connectivity index (χ2n) is 1.42. The van der Waals surface area contributed by atoms with Crippen LogP contribution in [0.25, 0.3) is 0 Å². The van der Waals surface area contributed by atoms with Crippen molar-refractivity contribution < 1.29 is 31.2 Å². The maximum atomic E-state index is 9.43. The number of ether oxygens (including phenoxy) is 1. The Bertz CT molecular complexity index is 56.4. The van der Waals surface area contributed by atoms with E-state index in [0.29, 0.717) is 0 Å². The third-order valence-corrected chi connectivity index (χ3v) is 0.824. The second kappa shape index (κ2) is 7.18. The van der Waals surface area contributed by atoms with Gasteiger partial charge in [0.2, 0.25) is 0 Å². The maximum absolute atomic E-state index is 9.43. The van der Waals surface area contributed by atoms with Gasteiger partial charge in [-0.25, -0.2) is 0 Å². The predicted octanol–water partition coefficient (Wildman–Crippen LogP) is 0.866. The Hall–Kier alpha value is 0.184. The van der Waals surface area contributed by atoms with Crippen LogP contribution in [-0.2, 0) is 31.2 Å². The Morgan fingerprint density at radius 1 is 1.75 bits per heavy atom. The summed E-state index contributed by atoms with van der Waals surface area (Å²) in [5, 5.41) is 0. The van der Waals surface area contributed by atoms with E-state index in [2.05, 4.69) is 4.74 Å². The molecule has 0 fully saturated rings. The van der Waals surface area contributed by atoms with Crippen LogP contribution in [0.4, 0.5) is 0 Å². The standard InChI is InChI=1S/C5H9O2.Ti/c1-3-5(2)7-4-6;/h5H,3H2,1-2H3;/q-1;. The molecule has 0 aliphatic heterocycles. The molecule has 0 saturated heterocycles. The molecule has 0 aromatic heterocycles. The minimum atomic E-state index is 0. The molecule has 0 radical (unpaired) electrons. The molecule has 2 nitrogen and oxygen atoms in total. The number of hydrogen-bond donors (Lipinski definition) is 0. The van der Waals surface area contributed by atoms with Crippen molar-refractivity contribution in [3.63, 3.8) is 0 Å². The van der Waals surface area contributed by atoms with E-state index in [1.165, 1.54) is 6.47 Å². The summed E-state index contributed by atoms with van der Waals surface area (Å²) < 4.78 is 4.39. The van der Waals surface area contributed by atoms with Crippen LogP contribution < -0.4 is 0 Å². The van der Waals surface area contributed by atoms with E-state index in [4.69, 9.17) is 0 Å². The first-order valence-electron chi connectivity index (χ1n) is 2.34. The molecule has 0 aromatic rings. The Morgan fingerprint density at radius 2 is 2.25 bits per heavy atom. The Balaban J connectivity index is 0. The normalized spacial score (nSPS) is 11.2. The molecule has 0 amide bonds. The molecule has 0 aromatic carbocycles. The molecule has 0 aliphatic rings. The zero-order valence-corrected chi connectivity index (χ0v) is 6.66. The molecular weight excluding hydrogens is 140 g/mol. The molecule has 1 atom stereocenters. The van der Waals surface area contributed by atoms with Crippen LogP contribution in [0.3, 0.4) is 0 Å². The maximum Gasteiger partial charge on any atom is 0.0564 e. The van der Waals surface area contributed by atoms with Crippen LogP contribution in [0.5, 0.6) is 0 Å². The summed E-state index contributed by atoms with van der Waals surface area (Å²) in [7, 11) is 0. The first kappa shape index (κ1) is 11.0. The van der Waals surface area contributed by atoms with Gasteiger partial charge in [-0.1, -0.05) is 13.4 Å². The average molecular weight is 149 g/mol. The van der Waals surface area contributed by atoms with Crippen LogP contribution in [0.2, 0.25) is 0 Å². The van der Waals surface area contributed by atoms with Gasteiger partial charge in [-0.2, -0.15) is 0 Å². The summed E-state index contributed by atoms with van der Waals surface area (Å²) in [5.41, 5.74) is 0. The van der Waals surface area contributed by atoms with Crippen molar-refractivity contribution in [2.45, 2.75) is 26.4 Å². The van der Waals surface area contributed by atoms with Gasteiger partial charge in [0.05, 0.1) is 6.10 Å². The minimum Gasteiger partial charge on any atom is -0.651 e. The Labute approximate surface area is 64.5 Å². The Morgan fingerprint density at radius 3 is 2.38 bits per heavy atom. The van der Waals surface area contributed by atoms with Gasteiger partial charge in [-0.15, -0.1) is 0 Å². The molecule has 0 bridgehead atoms. The number of hydrogen-bond acceptors (Lipinski definition) is 2. The van der Waals surface area contributed by atoms with E-state index in [0.717, 1.165) is 6.42 Å². The average Bonchev–Trinajstić information content (AvgIpc) is 1.68. The van der Waals surface area contributed by atoms with Crippen molar-refractivity contribution in [3.8, 4) is 0 Å². The fraction of sp³-hybridized carbons (Fsp3) is 0.800. The Kier molecular flexibility index (Phi) is 9.92. The molecule has 0 spiro atoms. The fourth-order valence-corrected chi connectivity index (χ4v) is 0.165. The van der Waals surface area contributed by atoms with E-state index in [1.54, 1.807) is 0 Å². The summed E-state index contributed by atoms with van der Waals surface area (Å²) in [4.78, 5) is 9.43.